The molecular formula is C25H29FN4O4. The number of hydrogen-bond donors (Lipinski definition) is 3. The fraction of sp³-hybridized carbons (Fsp3) is 0.320. The first-order valence-corrected chi connectivity index (χ1v) is 10.7. The van der Waals surface area contributed by atoms with E-state index in [1.54, 1.807) is 21.0 Å². The lowest BCUT2D eigenvalue weighted by atomic mass is 9.96. The average molecular weight is 469 g/mol. The van der Waals surface area contributed by atoms with Crippen molar-refractivity contribution in [3.8, 4) is 5.75 Å². The van der Waals surface area contributed by atoms with Crippen molar-refractivity contribution in [2.45, 2.75) is 38.6 Å². The van der Waals surface area contributed by atoms with Crippen LogP contribution in [0.15, 0.2) is 59.4 Å². The predicted molar refractivity (Wildman–Crippen MR) is 126 cm³/mol. The number of carbonyl (C=O) groups is 1. The number of halogens is 1. The van der Waals surface area contributed by atoms with Gasteiger partial charge in [-0.2, -0.15) is 0 Å². The summed E-state index contributed by atoms with van der Waals surface area (Å²) in [6.07, 6.45) is 0. The highest BCUT2D eigenvalue weighted by Crippen LogP contribution is 2.29. The van der Waals surface area contributed by atoms with Crippen LogP contribution in [0.5, 0.6) is 5.75 Å². The molecule has 0 aliphatic heterocycles. The molecule has 3 rings (SSSR count). The molecule has 0 fully saturated rings. The zero-order chi connectivity index (χ0) is 25.1. The van der Waals surface area contributed by atoms with Gasteiger partial charge >= 0.3 is 0 Å². The largest absolute Gasteiger partial charge is 0.501 e. The highest BCUT2D eigenvalue weighted by Gasteiger charge is 2.37. The molecule has 2 aromatic carbocycles. The number of carbonyl (C=O) groups excluding carboxylic acids is 1. The molecule has 0 saturated heterocycles. The molecule has 1 unspecified atom stereocenters. The number of amides is 1. The summed E-state index contributed by atoms with van der Waals surface area (Å²) in [7, 11) is 3.04. The zero-order valence-electron chi connectivity index (χ0n) is 19.8. The molecule has 9 heteroatoms. The third kappa shape index (κ3) is 5.16. The Morgan fingerprint density at radius 3 is 2.32 bits per heavy atom. The van der Waals surface area contributed by atoms with Crippen LogP contribution in [-0.2, 0) is 29.6 Å². The van der Waals surface area contributed by atoms with Gasteiger partial charge in [-0.05, 0) is 44.0 Å². The summed E-state index contributed by atoms with van der Waals surface area (Å²) < 4.78 is 20.1. The maximum Gasteiger partial charge on any atom is 0.296 e. The highest BCUT2D eigenvalue weighted by molar-refractivity contribution is 5.94. The number of rotatable bonds is 8. The Hall–Kier alpha value is -3.56. The second kappa shape index (κ2) is 9.74. The predicted octanol–water partition coefficient (Wildman–Crippen LogP) is 2.90. The lowest BCUT2D eigenvalue weighted by Gasteiger charge is -2.39. The van der Waals surface area contributed by atoms with E-state index in [1.807, 2.05) is 37.3 Å². The number of benzene rings is 2. The van der Waals surface area contributed by atoms with Crippen molar-refractivity contribution >= 4 is 5.91 Å². The van der Waals surface area contributed by atoms with E-state index in [1.165, 1.54) is 35.9 Å². The first-order valence-electron chi connectivity index (χ1n) is 10.7. The Morgan fingerprint density at radius 1 is 1.12 bits per heavy atom. The van der Waals surface area contributed by atoms with Gasteiger partial charge < -0.3 is 15.2 Å². The Labute approximate surface area is 197 Å². The molecule has 3 aromatic rings. The van der Waals surface area contributed by atoms with Crippen LogP contribution in [0.2, 0.25) is 0 Å². The van der Waals surface area contributed by atoms with Crippen molar-refractivity contribution < 1.29 is 19.0 Å². The first-order chi connectivity index (χ1) is 16.0. The topological polar surface area (TPSA) is 105 Å². The Kier molecular flexibility index (Phi) is 7.18. The van der Waals surface area contributed by atoms with Crippen molar-refractivity contribution in [3.63, 3.8) is 0 Å². The van der Waals surface area contributed by atoms with Gasteiger partial charge in [0.25, 0.3) is 11.5 Å². The van der Waals surface area contributed by atoms with Crippen LogP contribution >= 0.6 is 0 Å². The summed E-state index contributed by atoms with van der Waals surface area (Å²) in [5.74, 6) is -1.65. The Morgan fingerprint density at radius 2 is 1.74 bits per heavy atom. The maximum atomic E-state index is 13.1. The van der Waals surface area contributed by atoms with Gasteiger partial charge in [-0.15, -0.1) is 0 Å². The minimum atomic E-state index is -0.964. The SMILES string of the molecule is COC(C)(NC(C)(C)c1nc(C(=O)NCc2ccc(F)cc2)c(O)c(=O)n1C)c1ccccc1. The van der Waals surface area contributed by atoms with E-state index in [-0.39, 0.29) is 18.2 Å². The molecule has 34 heavy (non-hydrogen) atoms. The number of aromatic nitrogens is 2. The van der Waals surface area contributed by atoms with Crippen molar-refractivity contribution in [1.82, 2.24) is 20.2 Å². The average Bonchev–Trinajstić information content (AvgIpc) is 2.82. The molecule has 0 bridgehead atoms. The number of nitrogens with one attached hydrogen (secondary N) is 2. The van der Waals surface area contributed by atoms with Gasteiger partial charge in [-0.25, -0.2) is 9.37 Å². The summed E-state index contributed by atoms with van der Waals surface area (Å²) in [5.41, 5.74) is -1.55. The summed E-state index contributed by atoms with van der Waals surface area (Å²) in [5, 5.41) is 16.4. The standard InChI is InChI=1S/C25H29FN4O4/c1-24(2,29-25(3,34-5)17-9-7-6-8-10-17)23-28-19(20(31)22(33)30(23)4)21(32)27-15-16-11-13-18(26)14-12-16/h6-14,29,31H,15H2,1-5H3,(H,27,32). The monoisotopic (exact) mass is 468 g/mol. The third-order valence-electron chi connectivity index (χ3n) is 5.69. The van der Waals surface area contributed by atoms with Crippen LogP contribution in [0.1, 0.15) is 48.2 Å². The first kappa shape index (κ1) is 25.1. The number of methoxy groups -OCH3 is 1. The summed E-state index contributed by atoms with van der Waals surface area (Å²) in [6, 6.07) is 15.1. The molecule has 0 aliphatic rings. The van der Waals surface area contributed by atoms with Gasteiger partial charge in [0.1, 0.15) is 17.4 Å². The molecule has 0 spiro atoms. The van der Waals surface area contributed by atoms with E-state index < -0.39 is 34.2 Å². The quantitative estimate of drug-likeness (QED) is 0.439. The summed E-state index contributed by atoms with van der Waals surface area (Å²) >= 11 is 0. The Balaban J connectivity index is 1.94. The molecule has 3 N–H and O–H groups in total. The molecule has 8 nitrogen and oxygen atoms in total. The molecule has 0 saturated carbocycles. The second-order valence-electron chi connectivity index (χ2n) is 8.66. The van der Waals surface area contributed by atoms with Crippen LogP contribution < -0.4 is 16.2 Å². The van der Waals surface area contributed by atoms with E-state index in [9.17, 15) is 19.1 Å². The minimum absolute atomic E-state index is 0.0716. The number of hydrogen-bond acceptors (Lipinski definition) is 6. The van der Waals surface area contributed by atoms with Crippen LogP contribution in [0.4, 0.5) is 4.39 Å². The van der Waals surface area contributed by atoms with Crippen LogP contribution in [0, 0.1) is 5.82 Å². The maximum absolute atomic E-state index is 13.1. The molecular weight excluding hydrogens is 439 g/mol. The van der Waals surface area contributed by atoms with Crippen LogP contribution in [0.3, 0.4) is 0 Å². The smallest absolute Gasteiger partial charge is 0.296 e. The van der Waals surface area contributed by atoms with Crippen molar-refractivity contribution in [3.05, 3.63) is 93.4 Å². The molecule has 1 aromatic heterocycles. The van der Waals surface area contributed by atoms with Crippen LogP contribution in [0.25, 0.3) is 0 Å². The van der Waals surface area contributed by atoms with Crippen molar-refractivity contribution in [2.24, 2.45) is 7.05 Å². The van der Waals surface area contributed by atoms with E-state index >= 15 is 0 Å². The van der Waals surface area contributed by atoms with Gasteiger partial charge in [0.15, 0.2) is 5.69 Å². The minimum Gasteiger partial charge on any atom is -0.501 e. The molecule has 1 atom stereocenters. The van der Waals surface area contributed by atoms with Crippen molar-refractivity contribution in [2.75, 3.05) is 7.11 Å². The van der Waals surface area contributed by atoms with Gasteiger partial charge in [-0.3, -0.25) is 19.5 Å². The van der Waals surface area contributed by atoms with E-state index in [0.29, 0.717) is 5.56 Å². The second-order valence-corrected chi connectivity index (χ2v) is 8.66. The van der Waals surface area contributed by atoms with E-state index in [0.717, 1.165) is 5.56 Å². The molecule has 1 amide bonds. The van der Waals surface area contributed by atoms with Crippen LogP contribution in [-0.4, -0.2) is 27.7 Å². The zero-order valence-corrected chi connectivity index (χ0v) is 19.8. The highest BCUT2D eigenvalue weighted by atomic mass is 19.1. The molecule has 0 radical (unpaired) electrons. The van der Waals surface area contributed by atoms with Gasteiger partial charge in [0, 0.05) is 20.7 Å². The van der Waals surface area contributed by atoms with E-state index in [4.69, 9.17) is 4.74 Å². The van der Waals surface area contributed by atoms with Gasteiger partial charge in [-0.1, -0.05) is 42.5 Å². The van der Waals surface area contributed by atoms with Gasteiger partial charge in [0.05, 0.1) is 5.54 Å². The lowest BCUT2D eigenvalue weighted by Crippen LogP contribution is -2.53. The lowest BCUT2D eigenvalue weighted by molar-refractivity contribution is -0.0525. The van der Waals surface area contributed by atoms with Crippen molar-refractivity contribution in [1.29, 1.82) is 0 Å². The molecule has 180 valence electrons. The number of ether oxygens (including phenoxy) is 1. The van der Waals surface area contributed by atoms with Gasteiger partial charge in [0.2, 0.25) is 5.75 Å². The fourth-order valence-corrected chi connectivity index (χ4v) is 3.83. The summed E-state index contributed by atoms with van der Waals surface area (Å²) in [6.45, 7) is 5.51. The number of aromatic hydroxyl groups is 1. The Bertz CT molecular complexity index is 1230. The summed E-state index contributed by atoms with van der Waals surface area (Å²) in [4.78, 5) is 29.9. The molecule has 1 heterocycles. The third-order valence-corrected chi connectivity index (χ3v) is 5.69. The molecule has 0 aliphatic carbocycles. The number of nitrogens with zero attached hydrogens (tertiary/aromatic N) is 2. The van der Waals surface area contributed by atoms with E-state index in [2.05, 4.69) is 15.6 Å². The fourth-order valence-electron chi connectivity index (χ4n) is 3.83. The normalized spacial score (nSPS) is 13.4.